The highest BCUT2D eigenvalue weighted by molar-refractivity contribution is 5.95. The van der Waals surface area contributed by atoms with E-state index in [9.17, 15) is 9.59 Å². The normalized spacial score (nSPS) is 21.6. The summed E-state index contributed by atoms with van der Waals surface area (Å²) in [5.41, 5.74) is 1.27. The Hall–Kier alpha value is -1.98. The van der Waals surface area contributed by atoms with Crippen molar-refractivity contribution in [3.05, 3.63) is 23.3 Å². The number of hydrogen-bond acceptors (Lipinski definition) is 4. The molecule has 1 aromatic rings. The number of nitrogens with zero attached hydrogens (tertiary/aromatic N) is 2. The fraction of sp³-hybridized carbons (Fsp3) is 0.625. The number of rotatable bonds is 4. The van der Waals surface area contributed by atoms with Crippen LogP contribution in [-0.4, -0.2) is 33.0 Å². The maximum atomic E-state index is 12.5. The Kier molecular flexibility index (Phi) is 5.11. The van der Waals surface area contributed by atoms with Crippen molar-refractivity contribution in [1.29, 1.82) is 0 Å². The maximum Gasteiger partial charge on any atom is 0.306 e. The van der Waals surface area contributed by atoms with Gasteiger partial charge in [0.15, 0.2) is 0 Å². The molecule has 0 aliphatic heterocycles. The lowest BCUT2D eigenvalue weighted by Gasteiger charge is -2.27. The predicted molar refractivity (Wildman–Crippen MR) is 81.7 cm³/mol. The molecular weight excluding hydrogens is 282 g/mol. The quantitative estimate of drug-likeness (QED) is 0.890. The molecule has 1 aliphatic rings. The Morgan fingerprint density at radius 3 is 2.45 bits per heavy atom. The number of amides is 1. The van der Waals surface area contributed by atoms with E-state index in [1.807, 2.05) is 13.8 Å². The molecule has 0 spiro atoms. The van der Waals surface area contributed by atoms with Crippen molar-refractivity contribution in [2.24, 2.45) is 5.92 Å². The Morgan fingerprint density at radius 1 is 1.27 bits per heavy atom. The van der Waals surface area contributed by atoms with Crippen molar-refractivity contribution < 1.29 is 14.7 Å². The number of aryl methyl sites for hydroxylation is 1. The molecule has 1 aliphatic carbocycles. The van der Waals surface area contributed by atoms with Gasteiger partial charge in [-0.25, -0.2) is 9.97 Å². The molecule has 0 radical (unpaired) electrons. The molecular formula is C16H23N3O3. The van der Waals surface area contributed by atoms with Crippen LogP contribution in [0.15, 0.2) is 6.20 Å². The highest BCUT2D eigenvalue weighted by atomic mass is 16.4. The van der Waals surface area contributed by atoms with E-state index in [2.05, 4.69) is 15.3 Å². The topological polar surface area (TPSA) is 92.2 Å². The van der Waals surface area contributed by atoms with Crippen molar-refractivity contribution in [1.82, 2.24) is 15.3 Å². The van der Waals surface area contributed by atoms with Gasteiger partial charge >= 0.3 is 5.97 Å². The van der Waals surface area contributed by atoms with Gasteiger partial charge in [-0.15, -0.1) is 0 Å². The summed E-state index contributed by atoms with van der Waals surface area (Å²) in [5.74, 6) is -0.379. The molecule has 1 aromatic heterocycles. The summed E-state index contributed by atoms with van der Waals surface area (Å²) in [6.07, 6.45) is 4.21. The summed E-state index contributed by atoms with van der Waals surface area (Å²) in [6.45, 7) is 5.80. The highest BCUT2D eigenvalue weighted by Crippen LogP contribution is 2.25. The summed E-state index contributed by atoms with van der Waals surface area (Å²) in [6, 6.07) is 0.0319. The van der Waals surface area contributed by atoms with Gasteiger partial charge in [-0.3, -0.25) is 9.59 Å². The number of carboxylic acids is 1. The Labute approximate surface area is 130 Å². The average Bonchev–Trinajstić information content (AvgIpc) is 2.47. The van der Waals surface area contributed by atoms with Crippen LogP contribution in [0.4, 0.5) is 0 Å². The van der Waals surface area contributed by atoms with Crippen LogP contribution in [0.3, 0.4) is 0 Å². The van der Waals surface area contributed by atoms with Crippen LogP contribution >= 0.6 is 0 Å². The third-order valence-corrected chi connectivity index (χ3v) is 4.14. The molecule has 6 nitrogen and oxygen atoms in total. The van der Waals surface area contributed by atoms with Crippen LogP contribution in [0, 0.1) is 12.8 Å². The molecule has 1 fully saturated rings. The van der Waals surface area contributed by atoms with Gasteiger partial charge in [0, 0.05) is 12.2 Å². The van der Waals surface area contributed by atoms with Gasteiger partial charge in [0.1, 0.15) is 5.82 Å². The van der Waals surface area contributed by atoms with E-state index >= 15 is 0 Å². The molecule has 120 valence electrons. The van der Waals surface area contributed by atoms with Gasteiger partial charge in [-0.05, 0) is 38.5 Å². The Morgan fingerprint density at radius 2 is 1.91 bits per heavy atom. The van der Waals surface area contributed by atoms with Crippen LogP contribution in [0.5, 0.6) is 0 Å². The van der Waals surface area contributed by atoms with Crippen molar-refractivity contribution in [2.75, 3.05) is 0 Å². The summed E-state index contributed by atoms with van der Waals surface area (Å²) < 4.78 is 0. The lowest BCUT2D eigenvalue weighted by Crippen LogP contribution is -2.39. The summed E-state index contributed by atoms with van der Waals surface area (Å²) in [7, 11) is 0. The van der Waals surface area contributed by atoms with Crippen LogP contribution in [0.2, 0.25) is 0 Å². The SMILES string of the molecule is Cc1ncc(C(=O)NC2CCC(C(=O)O)CC2)c(C(C)C)n1. The summed E-state index contributed by atoms with van der Waals surface area (Å²) >= 11 is 0. The monoisotopic (exact) mass is 305 g/mol. The maximum absolute atomic E-state index is 12.5. The second kappa shape index (κ2) is 6.85. The average molecular weight is 305 g/mol. The van der Waals surface area contributed by atoms with Gasteiger partial charge in [-0.2, -0.15) is 0 Å². The minimum absolute atomic E-state index is 0.0319. The highest BCUT2D eigenvalue weighted by Gasteiger charge is 2.27. The third-order valence-electron chi connectivity index (χ3n) is 4.14. The number of aromatic nitrogens is 2. The van der Waals surface area contributed by atoms with Crippen LogP contribution < -0.4 is 5.32 Å². The van der Waals surface area contributed by atoms with Gasteiger partial charge in [0.2, 0.25) is 0 Å². The lowest BCUT2D eigenvalue weighted by atomic mass is 9.86. The van der Waals surface area contributed by atoms with E-state index in [0.717, 1.165) is 5.69 Å². The fourth-order valence-electron chi connectivity index (χ4n) is 2.85. The smallest absolute Gasteiger partial charge is 0.306 e. The first-order valence-corrected chi connectivity index (χ1v) is 7.75. The number of hydrogen-bond donors (Lipinski definition) is 2. The van der Waals surface area contributed by atoms with Crippen molar-refractivity contribution in [3.8, 4) is 0 Å². The van der Waals surface area contributed by atoms with E-state index in [4.69, 9.17) is 5.11 Å². The summed E-state index contributed by atoms with van der Waals surface area (Å²) in [5, 5.41) is 12.0. The largest absolute Gasteiger partial charge is 0.481 e. The molecule has 0 unspecified atom stereocenters. The number of nitrogens with one attached hydrogen (secondary N) is 1. The minimum Gasteiger partial charge on any atom is -0.481 e. The van der Waals surface area contributed by atoms with Gasteiger partial charge in [-0.1, -0.05) is 13.8 Å². The summed E-state index contributed by atoms with van der Waals surface area (Å²) in [4.78, 5) is 31.9. The van der Waals surface area contributed by atoms with Crippen LogP contribution in [0.25, 0.3) is 0 Å². The van der Waals surface area contributed by atoms with Crippen LogP contribution in [0.1, 0.15) is 67.3 Å². The van der Waals surface area contributed by atoms with E-state index in [1.165, 1.54) is 0 Å². The minimum atomic E-state index is -0.737. The van der Waals surface area contributed by atoms with Gasteiger partial charge < -0.3 is 10.4 Å². The lowest BCUT2D eigenvalue weighted by molar-refractivity contribution is -0.142. The molecule has 22 heavy (non-hydrogen) atoms. The second-order valence-corrected chi connectivity index (χ2v) is 6.23. The van der Waals surface area contributed by atoms with E-state index in [-0.39, 0.29) is 23.8 Å². The fourth-order valence-corrected chi connectivity index (χ4v) is 2.85. The van der Waals surface area contributed by atoms with Crippen molar-refractivity contribution in [2.45, 2.75) is 58.4 Å². The number of carboxylic acid groups (broad SMARTS) is 1. The zero-order valence-corrected chi connectivity index (χ0v) is 13.3. The zero-order chi connectivity index (χ0) is 16.3. The van der Waals surface area contributed by atoms with E-state index < -0.39 is 5.97 Å². The zero-order valence-electron chi connectivity index (χ0n) is 13.3. The molecule has 0 saturated heterocycles. The van der Waals surface area contributed by atoms with Crippen LogP contribution in [-0.2, 0) is 4.79 Å². The van der Waals surface area contributed by atoms with Gasteiger partial charge in [0.05, 0.1) is 17.2 Å². The molecule has 2 N–H and O–H groups in total. The number of carbonyl (C=O) groups is 2. The number of aliphatic carboxylic acids is 1. The molecule has 1 amide bonds. The number of carbonyl (C=O) groups excluding carboxylic acids is 1. The van der Waals surface area contributed by atoms with E-state index in [0.29, 0.717) is 37.1 Å². The van der Waals surface area contributed by atoms with Crippen molar-refractivity contribution in [3.63, 3.8) is 0 Å². The molecule has 2 rings (SSSR count). The first-order valence-electron chi connectivity index (χ1n) is 7.75. The molecule has 1 heterocycles. The third kappa shape index (κ3) is 3.81. The molecule has 0 aromatic carbocycles. The molecule has 6 heteroatoms. The predicted octanol–water partition coefficient (Wildman–Crippen LogP) is 2.28. The molecule has 0 bridgehead atoms. The second-order valence-electron chi connectivity index (χ2n) is 6.23. The Balaban J connectivity index is 2.03. The first kappa shape index (κ1) is 16.4. The standard InChI is InChI=1S/C16H23N3O3/c1-9(2)14-13(8-17-10(3)18-14)15(20)19-12-6-4-11(5-7-12)16(21)22/h8-9,11-12H,4-7H2,1-3H3,(H,19,20)(H,21,22). The first-order chi connectivity index (χ1) is 10.4. The molecule has 0 atom stereocenters. The van der Waals surface area contributed by atoms with Gasteiger partial charge in [0.25, 0.3) is 5.91 Å². The van der Waals surface area contributed by atoms with E-state index in [1.54, 1.807) is 13.1 Å². The Bertz CT molecular complexity index is 564. The van der Waals surface area contributed by atoms with Crippen molar-refractivity contribution >= 4 is 11.9 Å². The molecule has 1 saturated carbocycles.